The second-order valence-corrected chi connectivity index (χ2v) is 6.07. The molecule has 16 heavy (non-hydrogen) atoms. The zero-order valence-electron chi connectivity index (χ0n) is 8.96. The van der Waals surface area contributed by atoms with Crippen molar-refractivity contribution in [2.75, 3.05) is 5.75 Å². The molecule has 2 saturated carbocycles. The molecular weight excluding hydrogens is 228 g/mol. The molecule has 2 aliphatic rings. The third kappa shape index (κ3) is 2.34. The van der Waals surface area contributed by atoms with Crippen LogP contribution in [-0.4, -0.2) is 33.2 Å². The zero-order valence-corrected chi connectivity index (χ0v) is 9.78. The summed E-state index contributed by atoms with van der Waals surface area (Å²) < 4.78 is 0. The minimum atomic E-state index is -0.751. The van der Waals surface area contributed by atoms with Gasteiger partial charge in [-0.15, -0.1) is 0 Å². The van der Waals surface area contributed by atoms with Gasteiger partial charge in [-0.2, -0.15) is 11.8 Å². The van der Waals surface area contributed by atoms with Crippen LogP contribution in [0.1, 0.15) is 25.7 Å². The Balaban J connectivity index is 1.77. The van der Waals surface area contributed by atoms with Crippen LogP contribution in [0.15, 0.2) is 0 Å². The van der Waals surface area contributed by atoms with E-state index in [-0.39, 0.29) is 12.3 Å². The van der Waals surface area contributed by atoms with Crippen molar-refractivity contribution in [3.63, 3.8) is 0 Å². The van der Waals surface area contributed by atoms with Gasteiger partial charge in [0.25, 0.3) is 0 Å². The summed E-state index contributed by atoms with van der Waals surface area (Å²) in [6, 6.07) is 0. The molecule has 0 radical (unpaired) electrons. The van der Waals surface area contributed by atoms with Crippen molar-refractivity contribution >= 4 is 23.7 Å². The summed E-state index contributed by atoms with van der Waals surface area (Å²) in [6.07, 6.45) is 3.00. The Morgan fingerprint density at radius 1 is 1.12 bits per heavy atom. The van der Waals surface area contributed by atoms with Crippen molar-refractivity contribution < 1.29 is 19.8 Å². The normalized spacial score (nSPS) is 36.5. The minimum Gasteiger partial charge on any atom is -0.481 e. The maximum absolute atomic E-state index is 10.9. The number of rotatable bonds is 5. The standard InChI is InChI=1S/C11H16O4S/c12-10(13)1-2-16-9-5-6-3-7(9)4-8(6)11(14)15/h6-9H,1-5H2,(H,12,13)(H,14,15). The van der Waals surface area contributed by atoms with Gasteiger partial charge >= 0.3 is 11.9 Å². The molecule has 0 amide bonds. The number of carboxylic acids is 2. The molecular formula is C11H16O4S. The predicted molar refractivity (Wildman–Crippen MR) is 60.5 cm³/mol. The van der Waals surface area contributed by atoms with Gasteiger partial charge in [0.15, 0.2) is 0 Å². The lowest BCUT2D eigenvalue weighted by atomic mass is 9.89. The fourth-order valence-corrected chi connectivity index (χ4v) is 4.50. The summed E-state index contributed by atoms with van der Waals surface area (Å²) >= 11 is 1.72. The molecule has 2 fully saturated rings. The van der Waals surface area contributed by atoms with Gasteiger partial charge in [-0.05, 0) is 31.1 Å². The Kier molecular flexibility index (Phi) is 3.42. The SMILES string of the molecule is O=C(O)CCSC1CC2CC1CC2C(=O)O. The molecule has 0 aromatic rings. The van der Waals surface area contributed by atoms with Gasteiger partial charge in [0.1, 0.15) is 0 Å². The van der Waals surface area contributed by atoms with Crippen molar-refractivity contribution in [2.45, 2.75) is 30.9 Å². The van der Waals surface area contributed by atoms with Gasteiger partial charge in [-0.3, -0.25) is 9.59 Å². The first kappa shape index (κ1) is 11.8. The van der Waals surface area contributed by atoms with E-state index in [4.69, 9.17) is 10.2 Å². The maximum Gasteiger partial charge on any atom is 0.306 e. The van der Waals surface area contributed by atoms with Gasteiger partial charge in [0.05, 0.1) is 12.3 Å². The highest BCUT2D eigenvalue weighted by Crippen LogP contribution is 2.52. The fraction of sp³-hybridized carbons (Fsp3) is 0.818. The summed E-state index contributed by atoms with van der Waals surface area (Å²) in [6.45, 7) is 0. The number of aliphatic carboxylic acids is 2. The highest BCUT2D eigenvalue weighted by Gasteiger charge is 2.48. The Bertz CT molecular complexity index is 304. The van der Waals surface area contributed by atoms with Crippen LogP contribution in [0.4, 0.5) is 0 Å². The fourth-order valence-electron chi connectivity index (χ4n) is 3.03. The Labute approximate surface area is 98.4 Å². The van der Waals surface area contributed by atoms with Gasteiger partial charge < -0.3 is 10.2 Å². The van der Waals surface area contributed by atoms with E-state index < -0.39 is 11.9 Å². The van der Waals surface area contributed by atoms with E-state index in [1.54, 1.807) is 11.8 Å². The number of carboxylic acid groups (broad SMARTS) is 2. The number of hydrogen-bond acceptors (Lipinski definition) is 3. The van der Waals surface area contributed by atoms with Gasteiger partial charge in [-0.1, -0.05) is 0 Å². The van der Waals surface area contributed by atoms with Crippen LogP contribution in [-0.2, 0) is 9.59 Å². The number of carbonyl (C=O) groups is 2. The summed E-state index contributed by atoms with van der Waals surface area (Å²) in [5, 5.41) is 18.0. The molecule has 0 aromatic carbocycles. The molecule has 4 unspecified atom stereocenters. The van der Waals surface area contributed by atoms with E-state index in [1.165, 1.54) is 0 Å². The monoisotopic (exact) mass is 244 g/mol. The number of hydrogen-bond donors (Lipinski definition) is 2. The number of thioether (sulfide) groups is 1. The van der Waals surface area contributed by atoms with Crippen LogP contribution in [0.2, 0.25) is 0 Å². The first-order valence-electron chi connectivity index (χ1n) is 5.64. The van der Waals surface area contributed by atoms with Crippen molar-refractivity contribution in [3.05, 3.63) is 0 Å². The van der Waals surface area contributed by atoms with Crippen molar-refractivity contribution in [1.29, 1.82) is 0 Å². The lowest BCUT2D eigenvalue weighted by Crippen LogP contribution is -2.25. The van der Waals surface area contributed by atoms with Crippen LogP contribution in [0.3, 0.4) is 0 Å². The molecule has 0 aromatic heterocycles. The average molecular weight is 244 g/mol. The second kappa shape index (κ2) is 4.65. The van der Waals surface area contributed by atoms with Crippen LogP contribution >= 0.6 is 11.8 Å². The maximum atomic E-state index is 10.9. The lowest BCUT2D eigenvalue weighted by Gasteiger charge is -2.24. The molecule has 0 saturated heterocycles. The molecule has 0 aliphatic heterocycles. The topological polar surface area (TPSA) is 74.6 Å². The van der Waals surface area contributed by atoms with Gasteiger partial charge in [-0.25, -0.2) is 0 Å². The molecule has 2 aliphatic carbocycles. The van der Waals surface area contributed by atoms with E-state index in [0.717, 1.165) is 19.3 Å². The molecule has 2 rings (SSSR count). The van der Waals surface area contributed by atoms with Crippen LogP contribution < -0.4 is 0 Å². The Hall–Kier alpha value is -0.710. The molecule has 2 bridgehead atoms. The average Bonchev–Trinajstić information content (AvgIpc) is 2.75. The Morgan fingerprint density at radius 2 is 1.88 bits per heavy atom. The van der Waals surface area contributed by atoms with Crippen LogP contribution in [0.5, 0.6) is 0 Å². The third-order valence-electron chi connectivity index (χ3n) is 3.76. The Morgan fingerprint density at radius 3 is 2.38 bits per heavy atom. The molecule has 0 heterocycles. The van der Waals surface area contributed by atoms with Crippen LogP contribution in [0, 0.1) is 17.8 Å². The van der Waals surface area contributed by atoms with Crippen molar-refractivity contribution in [1.82, 2.24) is 0 Å². The molecule has 4 atom stereocenters. The summed E-state index contributed by atoms with van der Waals surface area (Å²) in [7, 11) is 0. The minimum absolute atomic E-state index is 0.138. The molecule has 90 valence electrons. The summed E-state index contributed by atoms with van der Waals surface area (Å²) in [4.78, 5) is 21.3. The van der Waals surface area contributed by atoms with Crippen molar-refractivity contribution in [3.8, 4) is 0 Å². The van der Waals surface area contributed by atoms with E-state index >= 15 is 0 Å². The van der Waals surface area contributed by atoms with Crippen molar-refractivity contribution in [2.24, 2.45) is 17.8 Å². The van der Waals surface area contributed by atoms with Gasteiger partial charge in [0.2, 0.25) is 0 Å². The largest absolute Gasteiger partial charge is 0.481 e. The van der Waals surface area contributed by atoms with Gasteiger partial charge in [0, 0.05) is 11.0 Å². The van der Waals surface area contributed by atoms with E-state index in [9.17, 15) is 9.59 Å². The lowest BCUT2D eigenvalue weighted by molar-refractivity contribution is -0.143. The third-order valence-corrected chi connectivity index (χ3v) is 5.20. The van der Waals surface area contributed by atoms with E-state index in [2.05, 4.69) is 0 Å². The zero-order chi connectivity index (χ0) is 11.7. The summed E-state index contributed by atoms with van der Waals surface area (Å²) in [5.41, 5.74) is 0. The molecule has 0 spiro atoms. The number of fused-ring (bicyclic) bond motifs is 2. The molecule has 5 heteroatoms. The smallest absolute Gasteiger partial charge is 0.306 e. The molecule has 2 N–H and O–H groups in total. The van der Waals surface area contributed by atoms with E-state index in [1.807, 2.05) is 0 Å². The van der Waals surface area contributed by atoms with E-state index in [0.29, 0.717) is 22.8 Å². The first-order valence-corrected chi connectivity index (χ1v) is 6.69. The van der Waals surface area contributed by atoms with Crippen LogP contribution in [0.25, 0.3) is 0 Å². The quantitative estimate of drug-likeness (QED) is 0.769. The highest BCUT2D eigenvalue weighted by molar-refractivity contribution is 7.99. The molecule has 4 nitrogen and oxygen atoms in total. The highest BCUT2D eigenvalue weighted by atomic mass is 32.2. The second-order valence-electron chi connectivity index (χ2n) is 4.72. The summed E-state index contributed by atoms with van der Waals surface area (Å²) in [5.74, 6) is -0.0439. The first-order chi connectivity index (χ1) is 7.58. The predicted octanol–water partition coefficient (Wildman–Crippen LogP) is 1.69.